The molecule has 0 radical (unpaired) electrons. The molecule has 2 N–H and O–H groups in total. The number of benzene rings is 1. The van der Waals surface area contributed by atoms with Crippen molar-refractivity contribution in [2.45, 2.75) is 25.1 Å². The van der Waals surface area contributed by atoms with E-state index in [9.17, 15) is 5.11 Å². The summed E-state index contributed by atoms with van der Waals surface area (Å²) in [5.74, 6) is 0. The quantitative estimate of drug-likeness (QED) is 0.739. The lowest BCUT2D eigenvalue weighted by atomic mass is 10.0. The molecule has 1 atom stereocenters. The number of β-amino-alcohol motifs (C(OH)–C–C–N with tert-alkyl or cyclic N) is 1. The summed E-state index contributed by atoms with van der Waals surface area (Å²) in [6, 6.07) is 10.2. The number of hydrogen-bond acceptors (Lipinski definition) is 5. The molecule has 0 bridgehead atoms. The summed E-state index contributed by atoms with van der Waals surface area (Å²) in [6.45, 7) is 2.71. The Labute approximate surface area is 139 Å². The van der Waals surface area contributed by atoms with Crippen molar-refractivity contribution in [1.82, 2.24) is 30.1 Å². The predicted molar refractivity (Wildman–Crippen MR) is 88.9 cm³/mol. The molecule has 4 rings (SSSR count). The van der Waals surface area contributed by atoms with Crippen LogP contribution in [0.2, 0.25) is 0 Å². The maximum atomic E-state index is 10.8. The minimum Gasteiger partial charge on any atom is -0.387 e. The lowest BCUT2D eigenvalue weighted by molar-refractivity contribution is 0.0274. The lowest BCUT2D eigenvalue weighted by Gasteiger charge is -2.23. The molecule has 24 heavy (non-hydrogen) atoms. The number of aromatic amines is 1. The van der Waals surface area contributed by atoms with Crippen LogP contribution in [0.4, 0.5) is 0 Å². The maximum absolute atomic E-state index is 10.8. The minimum atomic E-state index is -0.760. The van der Waals surface area contributed by atoms with Crippen LogP contribution < -0.4 is 0 Å². The van der Waals surface area contributed by atoms with Gasteiger partial charge in [0, 0.05) is 31.4 Å². The van der Waals surface area contributed by atoms with Crippen LogP contribution in [0.15, 0.2) is 48.9 Å². The Morgan fingerprint density at radius 1 is 1.25 bits per heavy atom. The molecule has 124 valence electrons. The summed E-state index contributed by atoms with van der Waals surface area (Å²) in [5, 5.41) is 25.8. The highest BCUT2D eigenvalue weighted by atomic mass is 16.3. The number of H-pyrrole nitrogens is 1. The molecule has 2 aromatic heterocycles. The number of nitrogens with one attached hydrogen (secondary N) is 1. The van der Waals surface area contributed by atoms with Crippen LogP contribution in [0.25, 0.3) is 11.3 Å². The lowest BCUT2D eigenvalue weighted by Crippen LogP contribution is -2.37. The average Bonchev–Trinajstić information content (AvgIpc) is 3.31. The Kier molecular flexibility index (Phi) is 3.87. The Balaban J connectivity index is 1.45. The molecule has 0 spiro atoms. The summed E-state index contributed by atoms with van der Waals surface area (Å²) in [5.41, 5.74) is 2.56. The van der Waals surface area contributed by atoms with E-state index in [1.165, 1.54) is 0 Å². The van der Waals surface area contributed by atoms with Gasteiger partial charge in [0.1, 0.15) is 0 Å². The van der Waals surface area contributed by atoms with Crippen LogP contribution in [0, 0.1) is 0 Å². The molecule has 7 heteroatoms. The summed E-state index contributed by atoms with van der Waals surface area (Å²) in [7, 11) is 0. The number of nitrogens with zero attached hydrogens (tertiary/aromatic N) is 5. The standard InChI is InChI=1S/C17H20N6O/c24-17(13-23-9-7-18-21-23)6-8-22(12-17)11-15-10-19-20-16(15)14-4-2-1-3-5-14/h1-5,7,9-10,24H,6,8,11-13H2,(H,19,20). The first-order valence-corrected chi connectivity index (χ1v) is 8.08. The van der Waals surface area contributed by atoms with Crippen molar-refractivity contribution in [1.29, 1.82) is 0 Å². The smallest absolute Gasteiger partial charge is 0.0981 e. The molecule has 1 aromatic carbocycles. The number of likely N-dealkylation sites (tertiary alicyclic amines) is 1. The number of hydrogen-bond donors (Lipinski definition) is 2. The van der Waals surface area contributed by atoms with Crippen LogP contribution in [0.1, 0.15) is 12.0 Å². The second-order valence-electron chi connectivity index (χ2n) is 6.42. The van der Waals surface area contributed by atoms with Gasteiger partial charge in [-0.25, -0.2) is 4.68 Å². The van der Waals surface area contributed by atoms with Gasteiger partial charge in [-0.2, -0.15) is 5.10 Å². The molecule has 1 aliphatic heterocycles. The summed E-state index contributed by atoms with van der Waals surface area (Å²) in [4.78, 5) is 2.26. The van der Waals surface area contributed by atoms with Crippen LogP contribution in [-0.4, -0.2) is 53.9 Å². The number of aromatic nitrogens is 5. The van der Waals surface area contributed by atoms with Gasteiger partial charge < -0.3 is 5.11 Å². The van der Waals surface area contributed by atoms with E-state index in [0.29, 0.717) is 13.1 Å². The predicted octanol–water partition coefficient (Wildman–Crippen LogP) is 1.31. The van der Waals surface area contributed by atoms with E-state index in [2.05, 4.69) is 37.5 Å². The zero-order valence-electron chi connectivity index (χ0n) is 13.3. The van der Waals surface area contributed by atoms with Gasteiger partial charge in [0.2, 0.25) is 0 Å². The van der Waals surface area contributed by atoms with Gasteiger partial charge in [-0.3, -0.25) is 10.00 Å². The molecule has 1 unspecified atom stereocenters. The molecule has 0 aliphatic carbocycles. The fraction of sp³-hybridized carbons (Fsp3) is 0.353. The van der Waals surface area contributed by atoms with Crippen molar-refractivity contribution in [3.05, 3.63) is 54.5 Å². The van der Waals surface area contributed by atoms with E-state index in [1.54, 1.807) is 17.1 Å². The van der Waals surface area contributed by atoms with Crippen molar-refractivity contribution in [2.75, 3.05) is 13.1 Å². The highest BCUT2D eigenvalue weighted by Gasteiger charge is 2.36. The molecule has 3 aromatic rings. The van der Waals surface area contributed by atoms with Gasteiger partial charge in [-0.1, -0.05) is 35.5 Å². The Morgan fingerprint density at radius 2 is 2.12 bits per heavy atom. The van der Waals surface area contributed by atoms with E-state index < -0.39 is 5.60 Å². The average molecular weight is 324 g/mol. The van der Waals surface area contributed by atoms with Gasteiger partial charge >= 0.3 is 0 Å². The van der Waals surface area contributed by atoms with Gasteiger partial charge in [-0.05, 0) is 12.0 Å². The molecule has 0 saturated carbocycles. The zero-order chi connectivity index (χ0) is 16.4. The van der Waals surface area contributed by atoms with E-state index in [-0.39, 0.29) is 0 Å². The van der Waals surface area contributed by atoms with Crippen molar-refractivity contribution in [3.63, 3.8) is 0 Å². The van der Waals surface area contributed by atoms with E-state index >= 15 is 0 Å². The van der Waals surface area contributed by atoms with E-state index in [4.69, 9.17) is 0 Å². The van der Waals surface area contributed by atoms with Crippen molar-refractivity contribution in [3.8, 4) is 11.3 Å². The molecule has 0 amide bonds. The Hall–Kier alpha value is -2.51. The Morgan fingerprint density at radius 3 is 2.92 bits per heavy atom. The summed E-state index contributed by atoms with van der Waals surface area (Å²) in [6.07, 6.45) is 6.01. The number of aliphatic hydroxyl groups is 1. The van der Waals surface area contributed by atoms with Crippen LogP contribution in [0.5, 0.6) is 0 Å². The van der Waals surface area contributed by atoms with Crippen molar-refractivity contribution >= 4 is 0 Å². The first-order valence-electron chi connectivity index (χ1n) is 8.08. The van der Waals surface area contributed by atoms with Crippen LogP contribution in [-0.2, 0) is 13.1 Å². The summed E-state index contributed by atoms with van der Waals surface area (Å²) >= 11 is 0. The third-order valence-electron chi connectivity index (χ3n) is 4.51. The molecular formula is C17H20N6O. The van der Waals surface area contributed by atoms with Crippen LogP contribution >= 0.6 is 0 Å². The maximum Gasteiger partial charge on any atom is 0.0981 e. The first kappa shape index (κ1) is 15.0. The second kappa shape index (κ2) is 6.18. The van der Waals surface area contributed by atoms with Gasteiger partial charge in [-0.15, -0.1) is 5.10 Å². The molecule has 7 nitrogen and oxygen atoms in total. The first-order chi connectivity index (χ1) is 11.7. The normalized spacial score (nSPS) is 21.4. The van der Waals surface area contributed by atoms with Crippen molar-refractivity contribution < 1.29 is 5.11 Å². The second-order valence-corrected chi connectivity index (χ2v) is 6.42. The highest BCUT2D eigenvalue weighted by molar-refractivity contribution is 5.62. The molecule has 1 saturated heterocycles. The van der Waals surface area contributed by atoms with Gasteiger partial charge in [0.25, 0.3) is 0 Å². The topological polar surface area (TPSA) is 82.9 Å². The van der Waals surface area contributed by atoms with E-state index in [0.717, 1.165) is 36.3 Å². The minimum absolute atomic E-state index is 0.473. The number of rotatable bonds is 5. The zero-order valence-corrected chi connectivity index (χ0v) is 13.3. The fourth-order valence-corrected chi connectivity index (χ4v) is 3.35. The highest BCUT2D eigenvalue weighted by Crippen LogP contribution is 2.27. The Bertz CT molecular complexity index is 785. The van der Waals surface area contributed by atoms with Crippen molar-refractivity contribution in [2.24, 2.45) is 0 Å². The fourth-order valence-electron chi connectivity index (χ4n) is 3.35. The third-order valence-corrected chi connectivity index (χ3v) is 4.51. The molecule has 1 aliphatic rings. The SMILES string of the molecule is OC1(Cn2ccnn2)CCN(Cc2cn[nH]c2-c2ccccc2)C1. The molecule has 1 fully saturated rings. The largest absolute Gasteiger partial charge is 0.387 e. The van der Waals surface area contributed by atoms with E-state index in [1.807, 2.05) is 24.4 Å². The summed E-state index contributed by atoms with van der Waals surface area (Å²) < 4.78 is 1.69. The molecule has 3 heterocycles. The monoisotopic (exact) mass is 324 g/mol. The third kappa shape index (κ3) is 3.08. The van der Waals surface area contributed by atoms with Gasteiger partial charge in [0.05, 0.1) is 30.2 Å². The molecular weight excluding hydrogens is 304 g/mol. The van der Waals surface area contributed by atoms with Crippen LogP contribution in [0.3, 0.4) is 0 Å². The van der Waals surface area contributed by atoms with Gasteiger partial charge in [0.15, 0.2) is 0 Å².